The van der Waals surface area contributed by atoms with Gasteiger partial charge in [-0.1, -0.05) is 84.2 Å². The number of hydrogen-bond donors (Lipinski definition) is 5. The third-order valence-electron chi connectivity index (χ3n) is 14.1. The molecule has 0 amide bonds. The molecule has 7 atom stereocenters. The molecule has 4 fully saturated rings. The fourth-order valence-electron chi connectivity index (χ4n) is 10.0. The number of nitrogen functional groups attached to an aromatic ring is 2. The lowest BCUT2D eigenvalue weighted by molar-refractivity contribution is -0.348. The lowest BCUT2D eigenvalue weighted by atomic mass is 9.99. The van der Waals surface area contributed by atoms with Gasteiger partial charge >= 0.3 is 23.3 Å². The smallest absolute Gasteiger partial charge is 0.351 e. The number of carboxylic acid groups (broad SMARTS) is 1. The number of esters is 1. The SMILES string of the molecule is Nc1ccn([C@@H]2O[C@H](COC(=O)CSc3nnc(Br)n3-c3ccc(C4CC4)c4ccccc34)C(OP(=O)([O-])[O-])[C@@H]2O)c(=O)n1.Nc1ccn([C@H]2CC(OP(=O)([O-])[O-])[C@@H](CO)O2)c(=O)n1.O=C(O)CSc1nnc(Br)n1-c1ccc(C2CC2)c2ccccc12. The molecule has 466 valence electrons. The molecule has 8 aromatic rings. The molecule has 88 heavy (non-hydrogen) atoms. The van der Waals surface area contributed by atoms with Crippen LogP contribution in [-0.4, -0.2) is 131 Å². The molecule has 2 saturated carbocycles. The lowest BCUT2D eigenvalue weighted by Gasteiger charge is -2.34. The largest absolute Gasteiger partial charge is 0.790 e. The number of hydrogen-bond acceptors (Lipinski definition) is 27. The molecule has 4 aromatic carbocycles. The number of fused-ring (bicyclic) bond motifs is 2. The number of anilines is 2. The van der Waals surface area contributed by atoms with Gasteiger partial charge in [0.05, 0.1) is 51.2 Å². The number of carbonyl (C=O) groups excluding carboxylic acids is 1. The Balaban J connectivity index is 0.000000163. The van der Waals surface area contributed by atoms with Crippen LogP contribution in [-0.2, 0) is 42.0 Å². The van der Waals surface area contributed by atoms with Crippen LogP contribution in [0.15, 0.2) is 127 Å². The molecule has 2 saturated heterocycles. The lowest BCUT2D eigenvalue weighted by Crippen LogP contribution is -2.40. The summed E-state index contributed by atoms with van der Waals surface area (Å²) in [5.74, 6) is -0.753. The van der Waals surface area contributed by atoms with Crippen molar-refractivity contribution < 1.29 is 76.9 Å². The van der Waals surface area contributed by atoms with Crippen molar-refractivity contribution >= 4 is 116 Å². The van der Waals surface area contributed by atoms with Crippen molar-refractivity contribution in [3.63, 3.8) is 0 Å². The van der Waals surface area contributed by atoms with Crippen molar-refractivity contribution in [1.82, 2.24) is 48.6 Å². The zero-order chi connectivity index (χ0) is 62.8. The summed E-state index contributed by atoms with van der Waals surface area (Å²) in [6.07, 6.45) is -2.35. The van der Waals surface area contributed by atoms with Gasteiger partial charge in [-0.05, 0) is 116 Å². The average Bonchev–Trinajstić information content (AvgIpc) is 1.77. The second kappa shape index (κ2) is 27.4. The molecule has 0 spiro atoms. The molecule has 4 aliphatic rings. The van der Waals surface area contributed by atoms with Crippen LogP contribution in [0.5, 0.6) is 0 Å². The van der Waals surface area contributed by atoms with Gasteiger partial charge in [0.25, 0.3) is 0 Å². The van der Waals surface area contributed by atoms with Crippen molar-refractivity contribution in [3.05, 3.63) is 139 Å². The van der Waals surface area contributed by atoms with E-state index in [1.807, 2.05) is 34.9 Å². The third kappa shape index (κ3) is 15.5. The Morgan fingerprint density at radius 3 is 1.62 bits per heavy atom. The normalized spacial score (nSPS) is 21.0. The second-order valence-corrected chi connectivity index (χ2v) is 25.6. The van der Waals surface area contributed by atoms with Gasteiger partial charge in [0.2, 0.25) is 9.47 Å². The Bertz CT molecular complexity index is 4130. The minimum Gasteiger partial charge on any atom is -0.790 e. The highest BCUT2D eigenvalue weighted by molar-refractivity contribution is 9.10. The molecule has 4 aromatic heterocycles. The topological polar surface area (TPSA) is 451 Å². The van der Waals surface area contributed by atoms with Crippen LogP contribution in [0.4, 0.5) is 11.6 Å². The van der Waals surface area contributed by atoms with Crippen LogP contribution in [0.25, 0.3) is 32.9 Å². The molecule has 2 aliphatic heterocycles. The van der Waals surface area contributed by atoms with E-state index in [1.54, 1.807) is 4.57 Å². The summed E-state index contributed by atoms with van der Waals surface area (Å²) in [4.78, 5) is 98.5. The molecule has 0 radical (unpaired) electrons. The maximum atomic E-state index is 12.8. The Morgan fingerprint density at radius 2 is 1.16 bits per heavy atom. The minimum absolute atomic E-state index is 0.0272. The van der Waals surface area contributed by atoms with E-state index in [0.29, 0.717) is 31.6 Å². The Kier molecular flexibility index (Phi) is 20.2. The van der Waals surface area contributed by atoms with Crippen molar-refractivity contribution in [2.75, 3.05) is 36.2 Å². The number of carbonyl (C=O) groups is 2. The van der Waals surface area contributed by atoms with Crippen molar-refractivity contribution in [3.8, 4) is 11.4 Å². The van der Waals surface area contributed by atoms with E-state index in [9.17, 15) is 53.0 Å². The van der Waals surface area contributed by atoms with Crippen LogP contribution in [0, 0.1) is 0 Å². The number of halogens is 2. The van der Waals surface area contributed by atoms with Gasteiger partial charge < -0.3 is 78.7 Å². The third-order valence-corrected chi connectivity index (χ3v) is 18.0. The van der Waals surface area contributed by atoms with E-state index < -0.39 is 95.2 Å². The number of thioether (sulfide) groups is 2. The summed E-state index contributed by atoms with van der Waals surface area (Å²) in [5.41, 5.74) is 13.7. The van der Waals surface area contributed by atoms with Crippen LogP contribution < -0.4 is 42.4 Å². The monoisotopic (exact) mass is 1410 g/mol. The summed E-state index contributed by atoms with van der Waals surface area (Å²) >= 11 is 9.10. The number of ether oxygens (including phenoxy) is 3. The molecule has 6 heterocycles. The van der Waals surface area contributed by atoms with Crippen molar-refractivity contribution in [2.24, 2.45) is 0 Å². The highest BCUT2D eigenvalue weighted by Crippen LogP contribution is 2.47. The number of aliphatic carboxylic acids is 1. The van der Waals surface area contributed by atoms with E-state index in [2.05, 4.69) is 114 Å². The fraction of sp³-hybridized carbons (Fsp3) is 0.346. The molecule has 0 bridgehead atoms. The summed E-state index contributed by atoms with van der Waals surface area (Å²) < 4.78 is 53.6. The van der Waals surface area contributed by atoms with Gasteiger partial charge in [-0.15, -0.1) is 20.4 Å². The maximum absolute atomic E-state index is 12.8. The minimum atomic E-state index is -5.61. The number of carboxylic acids is 1. The van der Waals surface area contributed by atoms with E-state index in [-0.39, 0.29) is 29.6 Å². The molecule has 30 nitrogen and oxygen atoms in total. The van der Waals surface area contributed by atoms with Gasteiger partial charge in [-0.3, -0.25) is 27.9 Å². The van der Waals surface area contributed by atoms with Crippen LogP contribution in [0.3, 0.4) is 0 Å². The van der Waals surface area contributed by atoms with Crippen LogP contribution >= 0.6 is 71.0 Å². The number of nitrogens with zero attached hydrogens (tertiary/aromatic N) is 10. The molecule has 7 N–H and O–H groups in total. The first-order valence-corrected chi connectivity index (χ1v) is 33.0. The van der Waals surface area contributed by atoms with Gasteiger partial charge in [0.15, 0.2) is 16.5 Å². The number of aliphatic hydroxyl groups is 2. The number of aromatic nitrogens is 10. The second-order valence-electron chi connectivity index (χ2n) is 20.1. The summed E-state index contributed by atoms with van der Waals surface area (Å²) in [6.45, 7) is -1.16. The Labute approximate surface area is 522 Å². The van der Waals surface area contributed by atoms with Crippen LogP contribution in [0.2, 0.25) is 0 Å². The maximum Gasteiger partial charge on any atom is 0.351 e. The zero-order valence-corrected chi connectivity index (χ0v) is 52.0. The fourth-order valence-corrected chi connectivity index (χ4v) is 13.6. The molecular formula is C52H50Br2N12O18P2S2-4. The van der Waals surface area contributed by atoms with E-state index in [1.165, 1.54) is 53.9 Å². The molecule has 36 heteroatoms. The molecule has 2 aliphatic carbocycles. The molecular weight excluding hydrogens is 1370 g/mol. The number of rotatable bonds is 19. The predicted molar refractivity (Wildman–Crippen MR) is 313 cm³/mol. The van der Waals surface area contributed by atoms with Gasteiger partial charge in [0, 0.05) is 29.6 Å². The average molecular weight is 1420 g/mol. The highest BCUT2D eigenvalue weighted by Gasteiger charge is 2.47. The first-order chi connectivity index (χ1) is 41.9. The van der Waals surface area contributed by atoms with Crippen LogP contribution in [0.1, 0.15) is 67.5 Å². The zero-order valence-electron chi connectivity index (χ0n) is 45.4. The summed E-state index contributed by atoms with van der Waals surface area (Å²) in [7, 11) is -10.8. The number of aliphatic hydroxyl groups excluding tert-OH is 2. The molecule has 12 rings (SSSR count). The van der Waals surface area contributed by atoms with Crippen molar-refractivity contribution in [1.29, 1.82) is 0 Å². The summed E-state index contributed by atoms with van der Waals surface area (Å²) in [5, 5.41) is 50.7. The van der Waals surface area contributed by atoms with Crippen molar-refractivity contribution in [2.45, 2.75) is 97.2 Å². The molecule has 2 unspecified atom stereocenters. The number of phosphoric ester groups is 2. The quantitative estimate of drug-likeness (QED) is 0.0441. The standard InChI is InChI=1S/C26H26BrN6O9PS.C17H14BrN3O2S.C9H14N3O7P/c27-24-30-31-26(33(24)17-8-7-14(13-5-6-13)15-3-1-2-4-16(15)17)44-12-20(34)40-11-18-22(42-43(37,38)39)21(35)23(41-18)32-10-9-19(28)29-25(32)36;18-16-19-20-17(24-9-15(22)23)21(16)14-8-7-11(10-5-6-10)12-3-1-2-4-13(12)14;10-7-1-2-12(9(14)11-7)8-3-5(6(4-13)18-8)19-20(15,16)17/h1-4,7-10,13,18,21-23,35H,5-6,11-12H2,(H2,28,29,36)(H2,37,38,39);1-4,7-8,10H,5-6,9H2,(H,22,23);1-2,5-6,8,13H,3-4H2,(H2,10,11,14)(H2,15,16,17)/p-4/t18-,21+,22?,23-;;5?,6-,8-/m1.1/s1. The first-order valence-electron chi connectivity index (χ1n) is 26.5. The van der Waals surface area contributed by atoms with E-state index >= 15 is 0 Å². The number of phosphoric acid groups is 2. The first kappa shape index (κ1) is 64.7. The van der Waals surface area contributed by atoms with E-state index in [0.717, 1.165) is 73.0 Å². The Hall–Kier alpha value is -6.30. The van der Waals surface area contributed by atoms with Gasteiger partial charge in [0.1, 0.15) is 48.9 Å². The highest BCUT2D eigenvalue weighted by atomic mass is 79.9. The summed E-state index contributed by atoms with van der Waals surface area (Å²) in [6, 6.07) is 27.3. The predicted octanol–water partition coefficient (Wildman–Crippen LogP) is 2.56. The van der Waals surface area contributed by atoms with E-state index in [4.69, 9.17) is 35.9 Å². The van der Waals surface area contributed by atoms with Gasteiger partial charge in [-0.25, -0.2) is 9.59 Å². The number of benzene rings is 4. The number of nitrogens with two attached hydrogens (primary N) is 2. The Morgan fingerprint density at radius 1 is 0.670 bits per heavy atom. The van der Waals surface area contributed by atoms with Gasteiger partial charge in [-0.2, -0.15) is 9.97 Å².